The minimum Gasteiger partial charge on any atom is -0.484 e. The van der Waals surface area contributed by atoms with Gasteiger partial charge < -0.3 is 25.2 Å². The van der Waals surface area contributed by atoms with Crippen LogP contribution in [0, 0.1) is 11.3 Å². The fraction of sp³-hybridized carbons (Fsp3) is 0.471. The number of carboxylic acid groups (broad SMARTS) is 1. The summed E-state index contributed by atoms with van der Waals surface area (Å²) in [5.41, 5.74) is 4.53. The summed E-state index contributed by atoms with van der Waals surface area (Å²) in [6.45, 7) is 1.08. The van der Waals surface area contributed by atoms with Crippen molar-refractivity contribution < 1.29 is 29.0 Å². The minimum atomic E-state index is -0.918. The van der Waals surface area contributed by atoms with Gasteiger partial charge in [-0.25, -0.2) is 0 Å². The van der Waals surface area contributed by atoms with Crippen LogP contribution in [0.1, 0.15) is 16.8 Å². The third kappa shape index (κ3) is 3.30. The summed E-state index contributed by atoms with van der Waals surface area (Å²) in [6, 6.07) is 6.33. The van der Waals surface area contributed by atoms with Crippen molar-refractivity contribution in [3.8, 4) is 5.75 Å². The molecule has 0 aromatic heterocycles. The standard InChI is InChI=1S/C17H20N2O6/c18-14(20)9-25-13-3-1-11(2-4-13)15(21)19-7-12-8-24-6-5-17(12,10-19)16(22)23/h1-4,12H,5-10H2,(H2,18,20)(H,22,23)/t12-,17+/m0/s1. The predicted molar refractivity (Wildman–Crippen MR) is 86.0 cm³/mol. The van der Waals surface area contributed by atoms with E-state index in [1.807, 2.05) is 0 Å². The summed E-state index contributed by atoms with van der Waals surface area (Å²) in [5.74, 6) is -1.44. The number of fused-ring (bicyclic) bond motifs is 1. The topological polar surface area (TPSA) is 119 Å². The molecule has 8 heteroatoms. The van der Waals surface area contributed by atoms with Gasteiger partial charge in [0.15, 0.2) is 6.61 Å². The van der Waals surface area contributed by atoms with E-state index in [1.54, 1.807) is 29.2 Å². The van der Waals surface area contributed by atoms with Crippen LogP contribution in [0.2, 0.25) is 0 Å². The molecule has 2 aliphatic heterocycles. The van der Waals surface area contributed by atoms with E-state index in [0.29, 0.717) is 37.5 Å². The molecule has 134 valence electrons. The average molecular weight is 348 g/mol. The van der Waals surface area contributed by atoms with E-state index >= 15 is 0 Å². The summed E-state index contributed by atoms with van der Waals surface area (Å²) in [5, 5.41) is 9.66. The molecule has 3 N–H and O–H groups in total. The lowest BCUT2D eigenvalue weighted by atomic mass is 9.74. The molecule has 0 bridgehead atoms. The molecule has 2 fully saturated rings. The Labute approximate surface area is 144 Å². The zero-order chi connectivity index (χ0) is 18.0. The second kappa shape index (κ2) is 6.72. The van der Waals surface area contributed by atoms with Gasteiger partial charge in [-0.3, -0.25) is 14.4 Å². The number of ether oxygens (including phenoxy) is 2. The lowest BCUT2D eigenvalue weighted by Gasteiger charge is -2.33. The van der Waals surface area contributed by atoms with Gasteiger partial charge in [0.25, 0.3) is 11.8 Å². The first-order chi connectivity index (χ1) is 11.9. The molecule has 1 aromatic rings. The van der Waals surface area contributed by atoms with Crippen LogP contribution in [0.15, 0.2) is 24.3 Å². The number of nitrogens with zero attached hydrogens (tertiary/aromatic N) is 1. The minimum absolute atomic E-state index is 0.190. The first-order valence-corrected chi connectivity index (χ1v) is 8.04. The molecular weight excluding hydrogens is 328 g/mol. The monoisotopic (exact) mass is 348 g/mol. The molecule has 3 rings (SSSR count). The Kier molecular flexibility index (Phi) is 4.63. The summed E-state index contributed by atoms with van der Waals surface area (Å²) in [6.07, 6.45) is 0.413. The van der Waals surface area contributed by atoms with Crippen LogP contribution in [0.3, 0.4) is 0 Å². The fourth-order valence-electron chi connectivity index (χ4n) is 3.48. The Morgan fingerprint density at radius 2 is 2.04 bits per heavy atom. The second-order valence-electron chi connectivity index (χ2n) is 6.45. The molecule has 8 nitrogen and oxygen atoms in total. The van der Waals surface area contributed by atoms with Crippen molar-refractivity contribution >= 4 is 17.8 Å². The first-order valence-electron chi connectivity index (χ1n) is 8.04. The Balaban J connectivity index is 1.71. The van der Waals surface area contributed by atoms with Crippen LogP contribution >= 0.6 is 0 Å². The number of hydrogen-bond acceptors (Lipinski definition) is 5. The number of amides is 2. The molecular formula is C17H20N2O6. The molecule has 0 radical (unpaired) electrons. The maximum absolute atomic E-state index is 12.7. The Bertz CT molecular complexity index is 689. The summed E-state index contributed by atoms with van der Waals surface area (Å²) in [7, 11) is 0. The molecule has 1 aromatic carbocycles. The van der Waals surface area contributed by atoms with E-state index in [0.717, 1.165) is 0 Å². The smallest absolute Gasteiger partial charge is 0.311 e. The second-order valence-corrected chi connectivity index (χ2v) is 6.45. The molecule has 2 saturated heterocycles. The number of carbonyl (C=O) groups excluding carboxylic acids is 2. The quantitative estimate of drug-likeness (QED) is 0.780. The predicted octanol–water partition coefficient (Wildman–Crippen LogP) is 0.114. The van der Waals surface area contributed by atoms with Gasteiger partial charge in [0.05, 0.1) is 12.0 Å². The molecule has 0 aliphatic carbocycles. The molecule has 2 atom stereocenters. The van der Waals surface area contributed by atoms with E-state index in [2.05, 4.69) is 0 Å². The molecule has 0 spiro atoms. The van der Waals surface area contributed by atoms with Crippen LogP contribution in [0.5, 0.6) is 5.75 Å². The zero-order valence-electron chi connectivity index (χ0n) is 13.6. The largest absolute Gasteiger partial charge is 0.484 e. The molecule has 2 aliphatic rings. The van der Waals surface area contributed by atoms with Crippen molar-refractivity contribution in [1.29, 1.82) is 0 Å². The van der Waals surface area contributed by atoms with Crippen molar-refractivity contribution in [2.75, 3.05) is 32.9 Å². The molecule has 0 saturated carbocycles. The zero-order valence-corrected chi connectivity index (χ0v) is 13.6. The number of hydrogen-bond donors (Lipinski definition) is 2. The van der Waals surface area contributed by atoms with Gasteiger partial charge in [0, 0.05) is 31.2 Å². The van der Waals surface area contributed by atoms with Crippen LogP contribution < -0.4 is 10.5 Å². The highest BCUT2D eigenvalue weighted by molar-refractivity contribution is 5.95. The van der Waals surface area contributed by atoms with E-state index in [4.69, 9.17) is 15.2 Å². The van der Waals surface area contributed by atoms with Gasteiger partial charge in [0.2, 0.25) is 0 Å². The molecule has 2 amide bonds. The summed E-state index contributed by atoms with van der Waals surface area (Å²) in [4.78, 5) is 36.8. The number of benzene rings is 1. The van der Waals surface area contributed by atoms with E-state index in [9.17, 15) is 19.5 Å². The van der Waals surface area contributed by atoms with Crippen LogP contribution in [0.25, 0.3) is 0 Å². The van der Waals surface area contributed by atoms with Crippen molar-refractivity contribution in [2.45, 2.75) is 6.42 Å². The fourth-order valence-corrected chi connectivity index (χ4v) is 3.48. The number of likely N-dealkylation sites (tertiary alicyclic amines) is 1. The van der Waals surface area contributed by atoms with Gasteiger partial charge in [-0.1, -0.05) is 0 Å². The number of nitrogens with two attached hydrogens (primary N) is 1. The Morgan fingerprint density at radius 3 is 2.64 bits per heavy atom. The Morgan fingerprint density at radius 1 is 1.32 bits per heavy atom. The van der Waals surface area contributed by atoms with Gasteiger partial charge in [0.1, 0.15) is 5.75 Å². The van der Waals surface area contributed by atoms with Crippen molar-refractivity contribution in [3.63, 3.8) is 0 Å². The van der Waals surface area contributed by atoms with E-state index in [-0.39, 0.29) is 25.0 Å². The van der Waals surface area contributed by atoms with Gasteiger partial charge in [-0.2, -0.15) is 0 Å². The lowest BCUT2D eigenvalue weighted by Crippen LogP contribution is -2.45. The third-order valence-corrected chi connectivity index (χ3v) is 4.90. The third-order valence-electron chi connectivity index (χ3n) is 4.90. The van der Waals surface area contributed by atoms with E-state index < -0.39 is 17.3 Å². The highest BCUT2D eigenvalue weighted by Crippen LogP contribution is 2.42. The average Bonchev–Trinajstić information content (AvgIpc) is 3.01. The van der Waals surface area contributed by atoms with Crippen molar-refractivity contribution in [1.82, 2.24) is 4.90 Å². The highest BCUT2D eigenvalue weighted by Gasteiger charge is 2.54. The summed E-state index contributed by atoms with van der Waals surface area (Å²) >= 11 is 0. The normalized spacial score (nSPS) is 25.3. The van der Waals surface area contributed by atoms with Crippen molar-refractivity contribution in [3.05, 3.63) is 29.8 Å². The van der Waals surface area contributed by atoms with Gasteiger partial charge in [-0.15, -0.1) is 0 Å². The molecule has 2 heterocycles. The first kappa shape index (κ1) is 17.2. The molecule has 25 heavy (non-hydrogen) atoms. The lowest BCUT2D eigenvalue weighted by molar-refractivity contribution is -0.157. The highest BCUT2D eigenvalue weighted by atomic mass is 16.5. The number of rotatable bonds is 5. The van der Waals surface area contributed by atoms with E-state index in [1.165, 1.54) is 0 Å². The maximum Gasteiger partial charge on any atom is 0.311 e. The van der Waals surface area contributed by atoms with Crippen LogP contribution in [-0.4, -0.2) is 60.7 Å². The van der Waals surface area contributed by atoms with Gasteiger partial charge >= 0.3 is 5.97 Å². The number of primary amides is 1. The van der Waals surface area contributed by atoms with Crippen LogP contribution in [0.4, 0.5) is 0 Å². The Hall–Kier alpha value is -2.61. The molecule has 0 unspecified atom stereocenters. The SMILES string of the molecule is NC(=O)COc1ccc(C(=O)N2C[C@H]3COCC[C@@]3(C(=O)O)C2)cc1. The number of carboxylic acids is 1. The van der Waals surface area contributed by atoms with Gasteiger partial charge in [-0.05, 0) is 30.7 Å². The number of carbonyl (C=O) groups is 3. The van der Waals surface area contributed by atoms with Crippen molar-refractivity contribution in [2.24, 2.45) is 17.1 Å². The maximum atomic E-state index is 12.7. The summed E-state index contributed by atoms with van der Waals surface area (Å²) < 4.78 is 10.6. The van der Waals surface area contributed by atoms with Crippen LogP contribution in [-0.2, 0) is 14.3 Å². The number of aliphatic carboxylic acids is 1.